The summed E-state index contributed by atoms with van der Waals surface area (Å²) in [7, 11) is 0. The molecule has 0 saturated carbocycles. The van der Waals surface area contributed by atoms with Gasteiger partial charge in [-0.25, -0.2) is 4.79 Å². The first-order valence-electron chi connectivity index (χ1n) is 7.27. The minimum Gasteiger partial charge on any atom is -0.386 e. The molecule has 0 spiro atoms. The lowest BCUT2D eigenvalue weighted by Gasteiger charge is -2.28. The fourth-order valence-corrected chi connectivity index (χ4v) is 2.77. The van der Waals surface area contributed by atoms with Crippen molar-refractivity contribution in [2.24, 2.45) is 0 Å². The highest BCUT2D eigenvalue weighted by Crippen LogP contribution is 2.26. The van der Waals surface area contributed by atoms with Gasteiger partial charge in [-0.2, -0.15) is 0 Å². The Morgan fingerprint density at radius 1 is 1.48 bits per heavy atom. The molecule has 21 heavy (non-hydrogen) atoms. The Kier molecular flexibility index (Phi) is 3.61. The highest BCUT2D eigenvalue weighted by atomic mass is 16.5. The van der Waals surface area contributed by atoms with E-state index in [-0.39, 0.29) is 17.8 Å². The van der Waals surface area contributed by atoms with Crippen molar-refractivity contribution in [3.63, 3.8) is 0 Å². The summed E-state index contributed by atoms with van der Waals surface area (Å²) in [5.41, 5.74) is 1.65. The number of hydrogen-bond donors (Lipinski definition) is 4. The lowest BCUT2D eigenvalue weighted by Crippen LogP contribution is -2.46. The summed E-state index contributed by atoms with van der Waals surface area (Å²) in [6.45, 7) is 5.02. The second kappa shape index (κ2) is 5.29. The van der Waals surface area contributed by atoms with Crippen molar-refractivity contribution in [3.05, 3.63) is 34.2 Å². The third-order valence-electron chi connectivity index (χ3n) is 4.41. The molecule has 114 valence electrons. The van der Waals surface area contributed by atoms with Crippen molar-refractivity contribution in [1.29, 1.82) is 0 Å². The van der Waals surface area contributed by atoms with Crippen LogP contribution in [0, 0.1) is 0 Å². The van der Waals surface area contributed by atoms with Gasteiger partial charge in [-0.15, -0.1) is 0 Å². The standard InChI is InChI=1S/C15H21N3O3/c1-9(16-8-15(20)5-6-21-10(15)2)11-3-4-12-13(7-11)18-14(19)17-12/h3-4,7,9-10,16,20H,5-6,8H2,1-2H3,(H2,17,18,19). The maximum atomic E-state index is 11.3. The van der Waals surface area contributed by atoms with E-state index < -0.39 is 5.60 Å². The van der Waals surface area contributed by atoms with Gasteiger partial charge >= 0.3 is 5.69 Å². The van der Waals surface area contributed by atoms with Gasteiger partial charge in [0.15, 0.2) is 0 Å². The van der Waals surface area contributed by atoms with Crippen LogP contribution in [0.3, 0.4) is 0 Å². The van der Waals surface area contributed by atoms with Crippen LogP contribution in [0.2, 0.25) is 0 Å². The van der Waals surface area contributed by atoms with Gasteiger partial charge in [0, 0.05) is 25.6 Å². The molecule has 1 fully saturated rings. The van der Waals surface area contributed by atoms with Gasteiger partial charge in [0.1, 0.15) is 5.60 Å². The number of aromatic amines is 2. The highest BCUT2D eigenvalue weighted by Gasteiger charge is 2.39. The number of aliphatic hydroxyl groups is 1. The van der Waals surface area contributed by atoms with E-state index in [2.05, 4.69) is 15.3 Å². The summed E-state index contributed by atoms with van der Waals surface area (Å²) in [4.78, 5) is 16.8. The van der Waals surface area contributed by atoms with Crippen LogP contribution in [0.1, 0.15) is 31.9 Å². The first kappa shape index (κ1) is 14.3. The minimum absolute atomic E-state index is 0.0737. The van der Waals surface area contributed by atoms with Crippen LogP contribution >= 0.6 is 0 Å². The Hall–Kier alpha value is -1.63. The summed E-state index contributed by atoms with van der Waals surface area (Å²) in [5, 5.41) is 13.8. The Balaban J connectivity index is 1.71. The van der Waals surface area contributed by atoms with Gasteiger partial charge < -0.3 is 25.1 Å². The van der Waals surface area contributed by atoms with Crippen LogP contribution in [0.5, 0.6) is 0 Å². The highest BCUT2D eigenvalue weighted by molar-refractivity contribution is 5.75. The lowest BCUT2D eigenvalue weighted by atomic mass is 9.96. The average molecular weight is 291 g/mol. The van der Waals surface area contributed by atoms with Crippen molar-refractivity contribution in [3.8, 4) is 0 Å². The fraction of sp³-hybridized carbons (Fsp3) is 0.533. The molecule has 0 amide bonds. The number of imidazole rings is 1. The molecular formula is C15H21N3O3. The third kappa shape index (κ3) is 2.74. The molecule has 3 atom stereocenters. The quantitative estimate of drug-likeness (QED) is 0.677. The molecular weight excluding hydrogens is 270 g/mol. The topological polar surface area (TPSA) is 90.1 Å². The Labute approximate surface area is 122 Å². The summed E-state index contributed by atoms with van der Waals surface area (Å²) < 4.78 is 5.43. The monoisotopic (exact) mass is 291 g/mol. The molecule has 1 aliphatic rings. The minimum atomic E-state index is -0.805. The molecule has 6 heteroatoms. The molecule has 2 aromatic rings. The Bertz CT molecular complexity index is 693. The number of benzene rings is 1. The summed E-state index contributed by atoms with van der Waals surface area (Å²) in [6, 6.07) is 5.88. The van der Waals surface area contributed by atoms with Gasteiger partial charge in [0.2, 0.25) is 0 Å². The van der Waals surface area contributed by atoms with E-state index in [0.29, 0.717) is 19.6 Å². The number of aromatic nitrogens is 2. The van der Waals surface area contributed by atoms with Crippen LogP contribution in [-0.2, 0) is 4.74 Å². The Morgan fingerprint density at radius 2 is 2.24 bits per heavy atom. The second-order valence-corrected chi connectivity index (χ2v) is 5.85. The van der Waals surface area contributed by atoms with E-state index in [4.69, 9.17) is 4.74 Å². The van der Waals surface area contributed by atoms with Crippen molar-refractivity contribution in [2.45, 2.75) is 38.0 Å². The van der Waals surface area contributed by atoms with Crippen molar-refractivity contribution < 1.29 is 9.84 Å². The van der Waals surface area contributed by atoms with Crippen LogP contribution in [0.25, 0.3) is 11.0 Å². The van der Waals surface area contributed by atoms with Crippen LogP contribution in [-0.4, -0.2) is 39.9 Å². The molecule has 0 radical (unpaired) electrons. The second-order valence-electron chi connectivity index (χ2n) is 5.85. The van der Waals surface area contributed by atoms with Crippen molar-refractivity contribution >= 4 is 11.0 Å². The Morgan fingerprint density at radius 3 is 2.95 bits per heavy atom. The number of fused-ring (bicyclic) bond motifs is 1. The zero-order valence-electron chi connectivity index (χ0n) is 12.3. The molecule has 2 heterocycles. The number of ether oxygens (including phenoxy) is 1. The largest absolute Gasteiger partial charge is 0.386 e. The van der Waals surface area contributed by atoms with E-state index in [1.807, 2.05) is 32.0 Å². The van der Waals surface area contributed by atoms with E-state index >= 15 is 0 Å². The molecule has 1 saturated heterocycles. The van der Waals surface area contributed by atoms with E-state index in [0.717, 1.165) is 16.6 Å². The lowest BCUT2D eigenvalue weighted by molar-refractivity contribution is -0.0274. The first-order valence-corrected chi connectivity index (χ1v) is 7.27. The fourth-order valence-electron chi connectivity index (χ4n) is 2.77. The van der Waals surface area contributed by atoms with Crippen molar-refractivity contribution in [2.75, 3.05) is 13.2 Å². The van der Waals surface area contributed by atoms with Gasteiger partial charge in [0.25, 0.3) is 0 Å². The molecule has 6 nitrogen and oxygen atoms in total. The molecule has 4 N–H and O–H groups in total. The van der Waals surface area contributed by atoms with E-state index in [1.165, 1.54) is 0 Å². The molecule has 1 aromatic carbocycles. The van der Waals surface area contributed by atoms with Crippen LogP contribution < -0.4 is 11.0 Å². The SMILES string of the molecule is CC(NCC1(O)CCOC1C)c1ccc2[nH]c(=O)[nH]c2c1. The zero-order chi connectivity index (χ0) is 15.0. The normalized spacial score (nSPS) is 27.3. The summed E-state index contributed by atoms with van der Waals surface area (Å²) in [6.07, 6.45) is 0.499. The zero-order valence-corrected chi connectivity index (χ0v) is 12.3. The third-order valence-corrected chi connectivity index (χ3v) is 4.41. The number of rotatable bonds is 4. The summed E-state index contributed by atoms with van der Waals surface area (Å²) in [5.74, 6) is 0. The van der Waals surface area contributed by atoms with E-state index in [1.54, 1.807) is 0 Å². The predicted octanol–water partition coefficient (Wildman–Crippen LogP) is 1.05. The number of nitrogens with one attached hydrogen (secondary N) is 3. The smallest absolute Gasteiger partial charge is 0.323 e. The summed E-state index contributed by atoms with van der Waals surface area (Å²) >= 11 is 0. The van der Waals surface area contributed by atoms with Gasteiger partial charge in [0.05, 0.1) is 17.1 Å². The van der Waals surface area contributed by atoms with Crippen molar-refractivity contribution in [1.82, 2.24) is 15.3 Å². The van der Waals surface area contributed by atoms with Crippen LogP contribution in [0.4, 0.5) is 0 Å². The molecule has 0 bridgehead atoms. The maximum absolute atomic E-state index is 11.3. The van der Waals surface area contributed by atoms with Gasteiger partial charge in [-0.1, -0.05) is 6.07 Å². The maximum Gasteiger partial charge on any atom is 0.323 e. The molecule has 3 rings (SSSR count). The number of hydrogen-bond acceptors (Lipinski definition) is 4. The molecule has 1 aromatic heterocycles. The molecule has 0 aliphatic carbocycles. The first-order chi connectivity index (χ1) is 9.98. The van der Waals surface area contributed by atoms with E-state index in [9.17, 15) is 9.90 Å². The van der Waals surface area contributed by atoms with Gasteiger partial charge in [-0.05, 0) is 31.5 Å². The molecule has 1 aliphatic heterocycles. The van der Waals surface area contributed by atoms with Gasteiger partial charge in [-0.3, -0.25) is 0 Å². The number of H-pyrrole nitrogens is 2. The van der Waals surface area contributed by atoms with Crippen LogP contribution in [0.15, 0.2) is 23.0 Å². The average Bonchev–Trinajstić information content (AvgIpc) is 2.98. The molecule has 3 unspecified atom stereocenters. The predicted molar refractivity (Wildman–Crippen MR) is 80.3 cm³/mol.